The Balaban J connectivity index is -0.000000116. The first-order chi connectivity index (χ1) is 10.1. The summed E-state index contributed by atoms with van der Waals surface area (Å²) in [5, 5.41) is 43.7. The molecule has 0 aliphatic carbocycles. The number of carboxylic acids is 2. The molecule has 0 aromatic rings. The van der Waals surface area contributed by atoms with Gasteiger partial charge in [0.1, 0.15) is 0 Å². The Hall–Kier alpha value is -0.944. The van der Waals surface area contributed by atoms with Crippen LogP contribution in [-0.4, -0.2) is 75.3 Å². The number of rotatable bonds is 7. The Labute approximate surface area is 151 Å². The van der Waals surface area contributed by atoms with Crippen molar-refractivity contribution in [3.63, 3.8) is 0 Å². The molecule has 132 valence electrons. The van der Waals surface area contributed by atoms with Crippen LogP contribution in [-0.2, 0) is 19.1 Å². The standard InChI is InChI=1S/C5H10O3.2C4H8O3.Mg/c1-2-3-5(7)8-4-6;2*1-3(5)2-4(6)7;/h6H,2-4H2,1H3;2*3,5H,2H2,1H3,(H,6,7);/q;;;+2/p-2. The van der Waals surface area contributed by atoms with Crippen molar-refractivity contribution in [3.8, 4) is 0 Å². The molecular weight excluding hydrogens is 324 g/mol. The molecule has 0 bridgehead atoms. The zero-order valence-corrected chi connectivity index (χ0v) is 15.1. The fraction of sp³-hybridized carbons (Fsp3) is 0.769. The average Bonchev–Trinajstić information content (AvgIpc) is 2.26. The van der Waals surface area contributed by atoms with Crippen molar-refractivity contribution in [2.45, 2.75) is 58.7 Å². The molecule has 2 unspecified atom stereocenters. The van der Waals surface area contributed by atoms with Gasteiger partial charge in [-0.1, -0.05) is 6.92 Å². The van der Waals surface area contributed by atoms with Crippen molar-refractivity contribution < 1.29 is 44.7 Å². The van der Waals surface area contributed by atoms with Crippen LogP contribution in [0.15, 0.2) is 0 Å². The molecule has 0 saturated carbocycles. The van der Waals surface area contributed by atoms with Crippen LogP contribution in [0.3, 0.4) is 0 Å². The zero-order chi connectivity index (χ0) is 18.1. The number of carbonyl (C=O) groups excluding carboxylic acids is 3. The predicted octanol–water partition coefficient (Wildman–Crippen LogP) is -3.09. The molecule has 2 atom stereocenters. The van der Waals surface area contributed by atoms with E-state index in [0.717, 1.165) is 6.42 Å². The molecule has 0 aliphatic heterocycles. The van der Waals surface area contributed by atoms with Gasteiger partial charge in [0, 0.05) is 31.2 Å². The molecule has 0 radical (unpaired) electrons. The molecule has 0 spiro atoms. The van der Waals surface area contributed by atoms with Crippen LogP contribution in [0.25, 0.3) is 0 Å². The molecule has 0 rings (SSSR count). The first-order valence-corrected chi connectivity index (χ1v) is 6.59. The van der Waals surface area contributed by atoms with Crippen molar-refractivity contribution >= 4 is 41.0 Å². The van der Waals surface area contributed by atoms with Gasteiger partial charge in [-0.3, -0.25) is 4.79 Å². The van der Waals surface area contributed by atoms with Gasteiger partial charge in [-0.2, -0.15) is 0 Å². The third kappa shape index (κ3) is 44.9. The fourth-order valence-corrected chi connectivity index (χ4v) is 0.831. The second-order valence-corrected chi connectivity index (χ2v) is 4.25. The van der Waals surface area contributed by atoms with Crippen LogP contribution < -0.4 is 10.2 Å². The topological polar surface area (TPSA) is 167 Å². The first kappa shape index (κ1) is 30.0. The monoisotopic (exact) mass is 348 g/mol. The zero-order valence-electron chi connectivity index (χ0n) is 13.7. The third-order valence-corrected chi connectivity index (χ3v) is 1.60. The molecule has 0 aromatic carbocycles. The Morgan fingerprint density at radius 3 is 1.48 bits per heavy atom. The van der Waals surface area contributed by atoms with Crippen LogP contribution in [0.5, 0.6) is 0 Å². The van der Waals surface area contributed by atoms with Gasteiger partial charge in [-0.15, -0.1) is 0 Å². The maximum atomic E-state index is 10.3. The molecule has 0 aromatic heterocycles. The molecule has 0 aliphatic rings. The number of esters is 1. The normalized spacial score (nSPS) is 11.2. The number of ether oxygens (including phenoxy) is 1. The molecule has 23 heavy (non-hydrogen) atoms. The summed E-state index contributed by atoms with van der Waals surface area (Å²) < 4.78 is 4.20. The minimum absolute atomic E-state index is 0. The third-order valence-electron chi connectivity index (χ3n) is 1.60. The van der Waals surface area contributed by atoms with Gasteiger partial charge in [0.2, 0.25) is 0 Å². The van der Waals surface area contributed by atoms with E-state index in [1.807, 2.05) is 6.92 Å². The van der Waals surface area contributed by atoms with Crippen molar-refractivity contribution in [1.82, 2.24) is 0 Å². The summed E-state index contributed by atoms with van der Waals surface area (Å²) in [4.78, 5) is 29.3. The summed E-state index contributed by atoms with van der Waals surface area (Å²) >= 11 is 0. The Morgan fingerprint density at radius 1 is 1.00 bits per heavy atom. The average molecular weight is 349 g/mol. The van der Waals surface area contributed by atoms with Gasteiger partial charge in [-0.25, -0.2) is 0 Å². The summed E-state index contributed by atoms with van der Waals surface area (Å²) in [6.45, 7) is 4.17. The van der Waals surface area contributed by atoms with Crippen molar-refractivity contribution in [3.05, 3.63) is 0 Å². The van der Waals surface area contributed by atoms with Crippen LogP contribution in [0.1, 0.15) is 46.5 Å². The van der Waals surface area contributed by atoms with E-state index in [4.69, 9.17) is 15.3 Å². The second-order valence-electron chi connectivity index (χ2n) is 4.25. The molecule has 0 saturated heterocycles. The van der Waals surface area contributed by atoms with Crippen LogP contribution in [0.2, 0.25) is 0 Å². The molecule has 9 nitrogen and oxygen atoms in total. The number of carbonyl (C=O) groups is 3. The quantitative estimate of drug-likeness (QED) is 0.245. The van der Waals surface area contributed by atoms with Crippen LogP contribution in [0, 0.1) is 0 Å². The van der Waals surface area contributed by atoms with E-state index in [2.05, 4.69) is 4.74 Å². The molecule has 3 N–H and O–H groups in total. The SMILES string of the molecule is CC(O)CC(=O)[O-].CC(O)CC(=O)[O-].CCCC(=O)OCO.[Mg+2]. The summed E-state index contributed by atoms with van der Waals surface area (Å²) in [5.74, 6) is -2.76. The largest absolute Gasteiger partial charge is 2.00 e. The smallest absolute Gasteiger partial charge is 0.550 e. The Morgan fingerprint density at radius 2 is 1.35 bits per heavy atom. The Bertz CT molecular complexity index is 278. The molecule has 0 amide bonds. The van der Waals surface area contributed by atoms with Gasteiger partial charge >= 0.3 is 29.0 Å². The summed E-state index contributed by atoms with van der Waals surface area (Å²) in [6.07, 6.45) is -0.977. The molecule has 10 heteroatoms. The van der Waals surface area contributed by atoms with E-state index in [0.29, 0.717) is 6.42 Å². The summed E-state index contributed by atoms with van der Waals surface area (Å²) in [6, 6.07) is 0. The molecule has 0 fully saturated rings. The predicted molar refractivity (Wildman–Crippen MR) is 76.4 cm³/mol. The van der Waals surface area contributed by atoms with Gasteiger partial charge < -0.3 is 39.9 Å². The van der Waals surface area contributed by atoms with Gasteiger partial charge in [0.25, 0.3) is 0 Å². The van der Waals surface area contributed by atoms with E-state index in [9.17, 15) is 24.6 Å². The minimum Gasteiger partial charge on any atom is -0.550 e. The second kappa shape index (κ2) is 21.1. The number of aliphatic hydroxyl groups is 3. The number of aliphatic carboxylic acids is 2. The van der Waals surface area contributed by atoms with Gasteiger partial charge in [-0.05, 0) is 20.3 Å². The molecular formula is C13H24MgO9. The number of hydrogen-bond acceptors (Lipinski definition) is 9. The number of aliphatic hydroxyl groups excluding tert-OH is 3. The van der Waals surface area contributed by atoms with E-state index < -0.39 is 30.9 Å². The number of carboxylic acid groups (broad SMARTS) is 2. The summed E-state index contributed by atoms with van der Waals surface area (Å²) in [7, 11) is 0. The first-order valence-electron chi connectivity index (χ1n) is 6.59. The maximum Gasteiger partial charge on any atom is 2.00 e. The van der Waals surface area contributed by atoms with Crippen molar-refractivity contribution in [1.29, 1.82) is 0 Å². The van der Waals surface area contributed by atoms with E-state index in [1.165, 1.54) is 13.8 Å². The Kier molecular flexibility index (Phi) is 27.5. The fourth-order valence-electron chi connectivity index (χ4n) is 0.831. The molecule has 0 heterocycles. The van der Waals surface area contributed by atoms with Crippen molar-refractivity contribution in [2.24, 2.45) is 0 Å². The van der Waals surface area contributed by atoms with Crippen LogP contribution >= 0.6 is 0 Å². The van der Waals surface area contributed by atoms with Crippen molar-refractivity contribution in [2.75, 3.05) is 6.79 Å². The summed E-state index contributed by atoms with van der Waals surface area (Å²) in [5.41, 5.74) is 0. The van der Waals surface area contributed by atoms with E-state index in [-0.39, 0.29) is 41.9 Å². The van der Waals surface area contributed by atoms with Crippen LogP contribution in [0.4, 0.5) is 0 Å². The number of hydrogen-bond donors (Lipinski definition) is 3. The minimum atomic E-state index is -1.21. The van der Waals surface area contributed by atoms with E-state index in [1.54, 1.807) is 0 Å². The maximum absolute atomic E-state index is 10.3. The van der Waals surface area contributed by atoms with Gasteiger partial charge in [0.15, 0.2) is 6.79 Å². The van der Waals surface area contributed by atoms with E-state index >= 15 is 0 Å². The van der Waals surface area contributed by atoms with Gasteiger partial charge in [0.05, 0.1) is 12.2 Å².